The van der Waals surface area contributed by atoms with E-state index < -0.39 is 0 Å². The van der Waals surface area contributed by atoms with E-state index in [1.165, 1.54) is 19.3 Å². The molecule has 0 amide bonds. The van der Waals surface area contributed by atoms with Crippen LogP contribution in [0.4, 0.5) is 0 Å². The number of nitrogens with two attached hydrogens (primary N) is 1. The van der Waals surface area contributed by atoms with Gasteiger partial charge in [-0.1, -0.05) is 0 Å². The highest BCUT2D eigenvalue weighted by Crippen LogP contribution is 2.60. The van der Waals surface area contributed by atoms with E-state index in [0.29, 0.717) is 0 Å². The predicted octanol–water partition coefficient (Wildman–Crippen LogP) is 1.81. The van der Waals surface area contributed by atoms with Crippen LogP contribution in [0.1, 0.15) is 38.5 Å². The maximum Gasteiger partial charge on any atom is 0.0690 e. The topological polar surface area (TPSA) is 49.8 Å². The van der Waals surface area contributed by atoms with Crippen LogP contribution in [0.2, 0.25) is 0 Å². The molecule has 70 valence electrons. The minimum Gasteiger partial charge on any atom is -0.325 e. The highest BCUT2D eigenvalue weighted by Gasteiger charge is 2.56. The lowest BCUT2D eigenvalue weighted by Crippen LogP contribution is -2.59. The van der Waals surface area contributed by atoms with E-state index in [2.05, 4.69) is 6.07 Å². The predicted molar refractivity (Wildman–Crippen MR) is 49.6 cm³/mol. The van der Waals surface area contributed by atoms with Crippen molar-refractivity contribution in [2.45, 2.75) is 44.1 Å². The summed E-state index contributed by atoms with van der Waals surface area (Å²) in [7, 11) is 0. The maximum absolute atomic E-state index is 9.24. The molecule has 2 nitrogen and oxygen atoms in total. The van der Waals surface area contributed by atoms with Gasteiger partial charge in [-0.25, -0.2) is 0 Å². The lowest BCUT2D eigenvalue weighted by Gasteiger charge is -2.58. The van der Waals surface area contributed by atoms with Crippen LogP contribution in [0.5, 0.6) is 0 Å². The Morgan fingerprint density at radius 2 is 1.77 bits per heavy atom. The molecule has 2 N–H and O–H groups in total. The van der Waals surface area contributed by atoms with Crippen molar-refractivity contribution in [1.82, 2.24) is 0 Å². The fourth-order valence-corrected chi connectivity index (χ4v) is 4.46. The fourth-order valence-electron chi connectivity index (χ4n) is 4.46. The Morgan fingerprint density at radius 3 is 2.23 bits per heavy atom. The molecule has 4 rings (SSSR count). The van der Waals surface area contributed by atoms with Crippen LogP contribution in [-0.4, -0.2) is 5.54 Å². The van der Waals surface area contributed by atoms with Gasteiger partial charge in [0.05, 0.1) is 11.5 Å². The smallest absolute Gasteiger partial charge is 0.0690 e. The van der Waals surface area contributed by atoms with E-state index >= 15 is 0 Å². The summed E-state index contributed by atoms with van der Waals surface area (Å²) >= 11 is 0. The minimum absolute atomic E-state index is 0.0150. The fraction of sp³-hybridized carbons (Fsp3) is 0.909. The van der Waals surface area contributed by atoms with E-state index in [0.717, 1.165) is 31.1 Å². The van der Waals surface area contributed by atoms with Crippen molar-refractivity contribution < 1.29 is 0 Å². The van der Waals surface area contributed by atoms with Gasteiger partial charge in [-0.15, -0.1) is 0 Å². The van der Waals surface area contributed by atoms with Crippen LogP contribution < -0.4 is 5.73 Å². The van der Waals surface area contributed by atoms with Gasteiger partial charge in [0.15, 0.2) is 0 Å². The highest BCUT2D eigenvalue weighted by atomic mass is 14.8. The first-order chi connectivity index (χ1) is 6.13. The first-order valence-corrected chi connectivity index (χ1v) is 5.33. The summed E-state index contributed by atoms with van der Waals surface area (Å²) in [5.41, 5.74) is 6.36. The van der Waals surface area contributed by atoms with Gasteiger partial charge in [-0.05, 0) is 50.4 Å². The third kappa shape index (κ3) is 0.971. The molecule has 0 heterocycles. The number of nitrogens with zero attached hydrogens (tertiary/aromatic N) is 1. The number of rotatable bonds is 0. The van der Waals surface area contributed by atoms with Gasteiger partial charge >= 0.3 is 0 Å². The minimum atomic E-state index is -0.0150. The second-order valence-electron chi connectivity index (χ2n) is 5.72. The number of nitriles is 1. The second kappa shape index (κ2) is 2.09. The van der Waals surface area contributed by atoms with Crippen LogP contribution in [-0.2, 0) is 0 Å². The summed E-state index contributed by atoms with van der Waals surface area (Å²) < 4.78 is 0. The van der Waals surface area contributed by atoms with Gasteiger partial charge in [-0.2, -0.15) is 5.26 Å². The van der Waals surface area contributed by atoms with Crippen molar-refractivity contribution >= 4 is 0 Å². The van der Waals surface area contributed by atoms with E-state index in [9.17, 15) is 5.26 Å². The molecule has 4 fully saturated rings. The van der Waals surface area contributed by atoms with Crippen molar-refractivity contribution in [1.29, 1.82) is 5.26 Å². The van der Waals surface area contributed by atoms with Crippen LogP contribution >= 0.6 is 0 Å². The van der Waals surface area contributed by atoms with Gasteiger partial charge < -0.3 is 5.73 Å². The molecular weight excluding hydrogens is 160 g/mol. The molecule has 0 aromatic rings. The molecule has 0 aliphatic heterocycles. The Hall–Kier alpha value is -0.550. The Morgan fingerprint density at radius 1 is 1.15 bits per heavy atom. The summed E-state index contributed by atoms with van der Waals surface area (Å²) in [5, 5.41) is 9.24. The normalized spacial score (nSPS) is 57.8. The van der Waals surface area contributed by atoms with Crippen LogP contribution in [0.3, 0.4) is 0 Å². The molecule has 0 aromatic heterocycles. The molecule has 4 saturated carbocycles. The Labute approximate surface area is 79.1 Å². The standard InChI is InChI=1S/C11H16N2/c12-7-10-2-8-1-9(3-10)5-11(13,4-8)6-10/h8-9H,1-6,13H2. The van der Waals surface area contributed by atoms with Crippen molar-refractivity contribution in [2.24, 2.45) is 23.0 Å². The van der Waals surface area contributed by atoms with E-state index in [4.69, 9.17) is 5.73 Å². The number of hydrogen-bond acceptors (Lipinski definition) is 2. The molecule has 4 bridgehead atoms. The summed E-state index contributed by atoms with van der Waals surface area (Å²) in [6, 6.07) is 2.55. The van der Waals surface area contributed by atoms with Crippen LogP contribution in [0, 0.1) is 28.6 Å². The Balaban J connectivity index is 2.01. The first-order valence-electron chi connectivity index (χ1n) is 5.33. The zero-order chi connectivity index (χ0) is 9.10. The zero-order valence-electron chi connectivity index (χ0n) is 7.92. The molecule has 0 saturated heterocycles. The molecular formula is C11H16N2. The molecule has 2 heteroatoms. The van der Waals surface area contributed by atoms with Crippen molar-refractivity contribution in [3.05, 3.63) is 0 Å². The van der Waals surface area contributed by atoms with Crippen LogP contribution in [0.15, 0.2) is 0 Å². The summed E-state index contributed by atoms with van der Waals surface area (Å²) in [5.74, 6) is 1.54. The first kappa shape index (κ1) is 7.82. The molecule has 4 aliphatic rings. The van der Waals surface area contributed by atoms with Gasteiger partial charge in [0.1, 0.15) is 0 Å². The second-order valence-corrected chi connectivity index (χ2v) is 5.72. The van der Waals surface area contributed by atoms with Crippen molar-refractivity contribution in [3.8, 4) is 6.07 Å². The Bertz CT molecular complexity index is 275. The summed E-state index contributed by atoms with van der Waals surface area (Å²) in [6.07, 6.45) is 6.98. The highest BCUT2D eigenvalue weighted by molar-refractivity contribution is 5.17. The maximum atomic E-state index is 9.24. The summed E-state index contributed by atoms with van der Waals surface area (Å²) in [6.45, 7) is 0. The van der Waals surface area contributed by atoms with Crippen molar-refractivity contribution in [3.63, 3.8) is 0 Å². The van der Waals surface area contributed by atoms with Crippen LogP contribution in [0.25, 0.3) is 0 Å². The van der Waals surface area contributed by atoms with Gasteiger partial charge in [0.2, 0.25) is 0 Å². The average Bonchev–Trinajstić information content (AvgIpc) is 1.99. The van der Waals surface area contributed by atoms with Gasteiger partial charge in [-0.3, -0.25) is 0 Å². The molecule has 0 radical (unpaired) electrons. The largest absolute Gasteiger partial charge is 0.325 e. The average molecular weight is 176 g/mol. The van der Waals surface area contributed by atoms with Gasteiger partial charge in [0, 0.05) is 5.54 Å². The molecule has 2 unspecified atom stereocenters. The lowest BCUT2D eigenvalue weighted by molar-refractivity contribution is -0.0359. The zero-order valence-corrected chi connectivity index (χ0v) is 7.92. The van der Waals surface area contributed by atoms with E-state index in [1.807, 2.05) is 0 Å². The molecule has 0 spiro atoms. The van der Waals surface area contributed by atoms with Gasteiger partial charge in [0.25, 0.3) is 0 Å². The molecule has 0 aromatic carbocycles. The third-order valence-corrected chi connectivity index (χ3v) is 4.34. The number of hydrogen-bond donors (Lipinski definition) is 1. The molecule has 13 heavy (non-hydrogen) atoms. The third-order valence-electron chi connectivity index (χ3n) is 4.34. The van der Waals surface area contributed by atoms with E-state index in [-0.39, 0.29) is 11.0 Å². The quantitative estimate of drug-likeness (QED) is 0.612. The lowest BCUT2D eigenvalue weighted by atomic mass is 9.47. The molecule has 2 atom stereocenters. The van der Waals surface area contributed by atoms with E-state index in [1.54, 1.807) is 0 Å². The SMILES string of the molecule is N#CC12CC3CC(CC(N)(C3)C1)C2. The van der Waals surface area contributed by atoms with Crippen molar-refractivity contribution in [2.75, 3.05) is 0 Å². The Kier molecular flexibility index (Phi) is 1.26. The summed E-state index contributed by atoms with van der Waals surface area (Å²) in [4.78, 5) is 0. The monoisotopic (exact) mass is 176 g/mol. The molecule has 4 aliphatic carbocycles.